The topological polar surface area (TPSA) is 69.6 Å². The molecule has 0 spiro atoms. The van der Waals surface area contributed by atoms with Gasteiger partial charge in [0.2, 0.25) is 6.43 Å². The maximum absolute atomic E-state index is 12.6. The van der Waals surface area contributed by atoms with Gasteiger partial charge in [-0.05, 0) is 11.6 Å². The van der Waals surface area contributed by atoms with Crippen molar-refractivity contribution in [2.75, 3.05) is 6.54 Å². The predicted molar refractivity (Wildman–Crippen MR) is 57.0 cm³/mol. The van der Waals surface area contributed by atoms with Gasteiger partial charge in [0.1, 0.15) is 12.7 Å². The smallest absolute Gasteiger partial charge is 0.246 e. The van der Waals surface area contributed by atoms with Crippen molar-refractivity contribution in [1.29, 1.82) is 0 Å². The van der Waals surface area contributed by atoms with Crippen LogP contribution in [-0.2, 0) is 0 Å². The number of halogens is 2. The second-order valence-corrected chi connectivity index (χ2v) is 3.47. The molecule has 7 heteroatoms. The highest BCUT2D eigenvalue weighted by Crippen LogP contribution is 2.21. The van der Waals surface area contributed by atoms with E-state index >= 15 is 0 Å². The van der Waals surface area contributed by atoms with Gasteiger partial charge < -0.3 is 5.73 Å². The first kappa shape index (κ1) is 11.6. The van der Waals surface area contributed by atoms with Gasteiger partial charge in [-0.2, -0.15) is 5.10 Å². The third kappa shape index (κ3) is 2.44. The molecule has 90 valence electrons. The second kappa shape index (κ2) is 4.96. The van der Waals surface area contributed by atoms with Crippen molar-refractivity contribution in [2.24, 2.45) is 5.73 Å². The number of aromatic nitrogens is 4. The summed E-state index contributed by atoms with van der Waals surface area (Å²) in [6, 6.07) is 3.18. The van der Waals surface area contributed by atoms with Crippen LogP contribution in [0.2, 0.25) is 0 Å². The van der Waals surface area contributed by atoms with Crippen LogP contribution in [-0.4, -0.2) is 32.7 Å². The van der Waals surface area contributed by atoms with E-state index in [0.717, 1.165) is 0 Å². The summed E-state index contributed by atoms with van der Waals surface area (Å²) in [5.41, 5.74) is 5.73. The highest BCUT2D eigenvalue weighted by molar-refractivity contribution is 5.26. The van der Waals surface area contributed by atoms with Gasteiger partial charge in [-0.3, -0.25) is 0 Å². The van der Waals surface area contributed by atoms with E-state index in [2.05, 4.69) is 15.1 Å². The SMILES string of the molecule is NCC(c1ccc(-n2cncn2)nc1)C(F)F. The zero-order valence-electron chi connectivity index (χ0n) is 8.87. The van der Waals surface area contributed by atoms with Gasteiger partial charge in [-0.25, -0.2) is 23.4 Å². The molecule has 0 saturated carbocycles. The molecule has 17 heavy (non-hydrogen) atoms. The van der Waals surface area contributed by atoms with E-state index in [1.165, 1.54) is 23.5 Å². The Morgan fingerprint density at radius 2 is 2.18 bits per heavy atom. The van der Waals surface area contributed by atoms with Gasteiger partial charge in [0.25, 0.3) is 0 Å². The Bertz CT molecular complexity index is 454. The summed E-state index contributed by atoms with van der Waals surface area (Å²) in [7, 11) is 0. The third-order valence-corrected chi connectivity index (χ3v) is 2.41. The Morgan fingerprint density at radius 1 is 1.35 bits per heavy atom. The van der Waals surface area contributed by atoms with E-state index in [9.17, 15) is 8.78 Å². The minimum absolute atomic E-state index is 0.109. The van der Waals surface area contributed by atoms with Crippen LogP contribution >= 0.6 is 0 Å². The number of hydrogen-bond acceptors (Lipinski definition) is 4. The maximum Gasteiger partial charge on any atom is 0.246 e. The van der Waals surface area contributed by atoms with Crippen LogP contribution in [0.15, 0.2) is 31.0 Å². The average Bonchev–Trinajstić information content (AvgIpc) is 2.84. The van der Waals surface area contributed by atoms with Crippen LogP contribution in [0, 0.1) is 0 Å². The summed E-state index contributed by atoms with van der Waals surface area (Å²) in [6.45, 7) is -0.109. The number of nitrogens with zero attached hydrogens (tertiary/aromatic N) is 4. The van der Waals surface area contributed by atoms with Gasteiger partial charge in [-0.1, -0.05) is 6.07 Å². The molecule has 0 saturated heterocycles. The molecule has 0 bridgehead atoms. The molecule has 0 amide bonds. The largest absolute Gasteiger partial charge is 0.330 e. The normalized spacial score (nSPS) is 12.9. The summed E-state index contributed by atoms with van der Waals surface area (Å²) < 4.78 is 26.7. The van der Waals surface area contributed by atoms with E-state index in [-0.39, 0.29) is 6.54 Å². The van der Waals surface area contributed by atoms with Gasteiger partial charge in [0, 0.05) is 12.7 Å². The van der Waals surface area contributed by atoms with Crippen LogP contribution in [0.4, 0.5) is 8.78 Å². The lowest BCUT2D eigenvalue weighted by Crippen LogP contribution is -2.19. The number of rotatable bonds is 4. The number of hydrogen-bond donors (Lipinski definition) is 1. The Morgan fingerprint density at radius 3 is 2.65 bits per heavy atom. The van der Waals surface area contributed by atoms with Gasteiger partial charge in [0.15, 0.2) is 5.82 Å². The highest BCUT2D eigenvalue weighted by Gasteiger charge is 2.21. The molecule has 2 N–H and O–H groups in total. The fourth-order valence-corrected chi connectivity index (χ4v) is 1.46. The molecule has 1 atom stereocenters. The molecule has 1 unspecified atom stereocenters. The molecule has 0 aromatic carbocycles. The molecule has 2 aromatic heterocycles. The van der Waals surface area contributed by atoms with Crippen molar-refractivity contribution in [3.8, 4) is 5.82 Å². The van der Waals surface area contributed by atoms with Crippen LogP contribution in [0.5, 0.6) is 0 Å². The third-order valence-electron chi connectivity index (χ3n) is 2.41. The van der Waals surface area contributed by atoms with Crippen molar-refractivity contribution in [2.45, 2.75) is 12.3 Å². The van der Waals surface area contributed by atoms with E-state index in [0.29, 0.717) is 11.4 Å². The Balaban J connectivity index is 2.23. The zero-order valence-corrected chi connectivity index (χ0v) is 8.87. The van der Waals surface area contributed by atoms with E-state index < -0.39 is 12.3 Å². The summed E-state index contributed by atoms with van der Waals surface area (Å²) in [4.78, 5) is 7.82. The Hall–Kier alpha value is -1.89. The average molecular weight is 239 g/mol. The minimum atomic E-state index is -2.49. The van der Waals surface area contributed by atoms with Crippen LogP contribution < -0.4 is 5.73 Å². The van der Waals surface area contributed by atoms with Crippen molar-refractivity contribution >= 4 is 0 Å². The summed E-state index contributed by atoms with van der Waals surface area (Å²) >= 11 is 0. The van der Waals surface area contributed by atoms with Crippen LogP contribution in [0.1, 0.15) is 11.5 Å². The molecule has 0 aliphatic rings. The lowest BCUT2D eigenvalue weighted by molar-refractivity contribution is 0.117. The predicted octanol–water partition coefficient (Wildman–Crippen LogP) is 0.970. The molecule has 2 aromatic rings. The Kier molecular flexibility index (Phi) is 3.38. The number of nitrogens with two attached hydrogens (primary N) is 1. The van der Waals surface area contributed by atoms with Gasteiger partial charge in [-0.15, -0.1) is 0 Å². The summed E-state index contributed by atoms with van der Waals surface area (Å²) in [6.07, 6.45) is 1.76. The molecule has 5 nitrogen and oxygen atoms in total. The zero-order chi connectivity index (χ0) is 12.3. The standard InChI is InChI=1S/C10H11F2N5/c11-10(12)8(3-13)7-1-2-9(15-4-7)17-6-14-5-16-17/h1-2,4-6,8,10H,3,13H2. The van der Waals surface area contributed by atoms with Crippen molar-refractivity contribution in [1.82, 2.24) is 19.7 Å². The molecule has 0 fully saturated rings. The first-order chi connectivity index (χ1) is 8.22. The monoisotopic (exact) mass is 239 g/mol. The molecule has 0 aliphatic carbocycles. The first-order valence-corrected chi connectivity index (χ1v) is 5.01. The molecule has 0 aliphatic heterocycles. The van der Waals surface area contributed by atoms with Crippen molar-refractivity contribution in [3.63, 3.8) is 0 Å². The summed E-state index contributed by atoms with van der Waals surface area (Å²) in [5, 5.41) is 3.89. The molecule has 0 radical (unpaired) electrons. The number of alkyl halides is 2. The van der Waals surface area contributed by atoms with Crippen LogP contribution in [0.3, 0.4) is 0 Å². The minimum Gasteiger partial charge on any atom is -0.330 e. The van der Waals surface area contributed by atoms with Crippen molar-refractivity contribution in [3.05, 3.63) is 36.5 Å². The first-order valence-electron chi connectivity index (χ1n) is 5.01. The lowest BCUT2D eigenvalue weighted by Gasteiger charge is -2.13. The van der Waals surface area contributed by atoms with Crippen LogP contribution in [0.25, 0.3) is 5.82 Å². The summed E-state index contributed by atoms with van der Waals surface area (Å²) in [5.74, 6) is -0.455. The fourth-order valence-electron chi connectivity index (χ4n) is 1.46. The molecular weight excluding hydrogens is 228 g/mol. The highest BCUT2D eigenvalue weighted by atomic mass is 19.3. The number of pyridine rings is 1. The molecular formula is C10H11F2N5. The Labute approximate surface area is 96.3 Å². The molecule has 2 heterocycles. The van der Waals surface area contributed by atoms with E-state index in [1.54, 1.807) is 12.1 Å². The van der Waals surface area contributed by atoms with Gasteiger partial charge >= 0.3 is 0 Å². The molecule has 2 rings (SSSR count). The quantitative estimate of drug-likeness (QED) is 0.863. The van der Waals surface area contributed by atoms with E-state index in [1.807, 2.05) is 0 Å². The fraction of sp³-hybridized carbons (Fsp3) is 0.300. The van der Waals surface area contributed by atoms with Crippen molar-refractivity contribution < 1.29 is 8.78 Å². The maximum atomic E-state index is 12.6. The second-order valence-electron chi connectivity index (χ2n) is 3.47. The van der Waals surface area contributed by atoms with Gasteiger partial charge in [0.05, 0.1) is 5.92 Å². The lowest BCUT2D eigenvalue weighted by atomic mass is 10.0. The van der Waals surface area contributed by atoms with E-state index in [4.69, 9.17) is 5.73 Å².